The molecule has 0 bridgehead atoms. The van der Waals surface area contributed by atoms with Crippen LogP contribution in [0, 0.1) is 11.8 Å². The highest BCUT2D eigenvalue weighted by atomic mass is 32.1. The highest BCUT2D eigenvalue weighted by Crippen LogP contribution is 2.10. The summed E-state index contributed by atoms with van der Waals surface area (Å²) in [5.41, 5.74) is -0.254. The molecule has 0 aromatic carbocycles. The molecule has 0 unspecified atom stereocenters. The number of ether oxygens (including phenoxy) is 1. The first-order chi connectivity index (χ1) is 7.44. The van der Waals surface area contributed by atoms with Crippen molar-refractivity contribution in [2.24, 2.45) is 0 Å². The van der Waals surface area contributed by atoms with Gasteiger partial charge in [0.25, 0.3) is 0 Å². The summed E-state index contributed by atoms with van der Waals surface area (Å²) in [5, 5.41) is 9.52. The van der Waals surface area contributed by atoms with E-state index in [9.17, 15) is 5.11 Å². The van der Waals surface area contributed by atoms with E-state index >= 15 is 0 Å². The third-order valence-electron chi connectivity index (χ3n) is 2.42. The summed E-state index contributed by atoms with van der Waals surface area (Å²) in [7, 11) is 2.01. The Kier molecular flexibility index (Phi) is 7.69. The summed E-state index contributed by atoms with van der Waals surface area (Å²) in [6.07, 6.45) is 1.86. The Morgan fingerprint density at radius 3 is 2.62 bits per heavy atom. The molecular weight excluding hydrogens is 222 g/mol. The summed E-state index contributed by atoms with van der Waals surface area (Å²) in [6.45, 7) is 8.33. The molecule has 0 fully saturated rings. The highest BCUT2D eigenvalue weighted by molar-refractivity contribution is 7.98. The topological polar surface area (TPSA) is 32.7 Å². The second-order valence-electron chi connectivity index (χ2n) is 3.97. The molecule has 0 rings (SSSR count). The molecule has 1 N–H and O–H groups in total. The molecular formula is C12H23NO2S. The molecule has 0 aliphatic heterocycles. The van der Waals surface area contributed by atoms with E-state index in [0.717, 1.165) is 24.5 Å². The van der Waals surface area contributed by atoms with Crippen LogP contribution in [0.25, 0.3) is 0 Å². The Morgan fingerprint density at radius 1 is 1.50 bits per heavy atom. The smallest absolute Gasteiger partial charge is 0.145 e. The summed E-state index contributed by atoms with van der Waals surface area (Å²) >= 11 is 0.811. The van der Waals surface area contributed by atoms with Crippen molar-refractivity contribution >= 4 is 16.4 Å². The molecule has 0 saturated carbocycles. The molecule has 0 saturated heterocycles. The van der Waals surface area contributed by atoms with Crippen LogP contribution in [0.4, 0.5) is 0 Å². The molecule has 4 heteroatoms. The van der Waals surface area contributed by atoms with E-state index in [4.69, 9.17) is 4.74 Å². The minimum atomic E-state index is -0.254. The van der Waals surface area contributed by atoms with Crippen LogP contribution in [-0.4, -0.2) is 53.7 Å². The van der Waals surface area contributed by atoms with Crippen LogP contribution in [0.3, 0.4) is 0 Å². The molecule has 94 valence electrons. The van der Waals surface area contributed by atoms with Crippen molar-refractivity contribution in [3.63, 3.8) is 0 Å². The zero-order valence-electron chi connectivity index (χ0n) is 10.9. The van der Waals surface area contributed by atoms with E-state index in [1.54, 1.807) is 0 Å². The van der Waals surface area contributed by atoms with Crippen molar-refractivity contribution in [1.82, 2.24) is 4.90 Å². The average Bonchev–Trinajstić information content (AvgIpc) is 2.26. The summed E-state index contributed by atoms with van der Waals surface area (Å²) in [6, 6.07) is 0. The number of aliphatic hydroxyl groups is 1. The number of hydrogen-bond acceptors (Lipinski definition) is 2. The van der Waals surface area contributed by atoms with Crippen LogP contribution < -0.4 is 0 Å². The van der Waals surface area contributed by atoms with E-state index in [-0.39, 0.29) is 10.6 Å². The lowest BCUT2D eigenvalue weighted by Gasteiger charge is -2.30. The molecule has 0 aliphatic carbocycles. The van der Waals surface area contributed by atoms with Crippen molar-refractivity contribution < 1.29 is 9.84 Å². The lowest BCUT2D eigenvalue weighted by atomic mass is 10.0. The third kappa shape index (κ3) is 6.29. The first kappa shape index (κ1) is 15.7. The van der Waals surface area contributed by atoms with Crippen LogP contribution in [0.1, 0.15) is 20.8 Å². The Hall–Kier alpha value is -0.340. The molecule has 0 atom stereocenters. The van der Waals surface area contributed by atoms with Crippen molar-refractivity contribution in [2.45, 2.75) is 26.3 Å². The maximum atomic E-state index is 9.30. The van der Waals surface area contributed by atoms with Gasteiger partial charge in [-0.1, -0.05) is 5.92 Å². The van der Waals surface area contributed by atoms with Crippen LogP contribution in [0.15, 0.2) is 0 Å². The molecule has 0 heterocycles. The second kappa shape index (κ2) is 7.86. The number of rotatable bonds is 5. The number of thiol groups is 1. The van der Waals surface area contributed by atoms with Gasteiger partial charge < -0.3 is 9.84 Å². The molecule has 0 amide bonds. The predicted molar refractivity (Wildman–Crippen MR) is 73.5 cm³/mol. The van der Waals surface area contributed by atoms with Gasteiger partial charge in [0, 0.05) is 13.2 Å². The molecule has 3 nitrogen and oxygen atoms in total. The van der Waals surface area contributed by atoms with Gasteiger partial charge >= 0.3 is 0 Å². The minimum Gasteiger partial charge on any atom is -0.380 e. The van der Waals surface area contributed by atoms with Gasteiger partial charge in [0.05, 0.1) is 12.1 Å². The maximum Gasteiger partial charge on any atom is 0.145 e. The minimum absolute atomic E-state index is 0.214. The zero-order valence-corrected chi connectivity index (χ0v) is 11.8. The van der Waals surface area contributed by atoms with Gasteiger partial charge in [-0.2, -0.15) is 11.4 Å². The third-order valence-corrected chi connectivity index (χ3v) is 2.96. The SMILES string of the molecule is CCOCCN(C)C(C)(C)C#CC(O)=[SH]C. The fourth-order valence-corrected chi connectivity index (χ4v) is 1.15. The highest BCUT2D eigenvalue weighted by Gasteiger charge is 2.20. The Bertz CT molecular complexity index is 289. The lowest BCUT2D eigenvalue weighted by molar-refractivity contribution is 0.0993. The van der Waals surface area contributed by atoms with Gasteiger partial charge in [-0.05, 0) is 40.0 Å². The number of likely N-dealkylation sites (N-methyl/N-ethyl adjacent to an activating group) is 1. The van der Waals surface area contributed by atoms with Crippen LogP contribution >= 0.6 is 11.4 Å². The van der Waals surface area contributed by atoms with Crippen molar-refractivity contribution in [1.29, 1.82) is 0 Å². The second-order valence-corrected chi connectivity index (χ2v) is 4.85. The van der Waals surface area contributed by atoms with Crippen LogP contribution in [0.2, 0.25) is 0 Å². The first-order valence-electron chi connectivity index (χ1n) is 5.42. The van der Waals surface area contributed by atoms with E-state index in [1.165, 1.54) is 0 Å². The van der Waals surface area contributed by atoms with Gasteiger partial charge in [-0.25, -0.2) is 0 Å². The van der Waals surface area contributed by atoms with Gasteiger partial charge in [0.15, 0.2) is 0 Å². The van der Waals surface area contributed by atoms with E-state index in [0.29, 0.717) is 6.61 Å². The predicted octanol–water partition coefficient (Wildman–Crippen LogP) is 1.52. The van der Waals surface area contributed by atoms with Gasteiger partial charge in [0.1, 0.15) is 5.05 Å². The average molecular weight is 245 g/mol. The molecule has 0 aromatic rings. The van der Waals surface area contributed by atoms with Gasteiger partial charge in [0.2, 0.25) is 0 Å². The summed E-state index contributed by atoms with van der Waals surface area (Å²) in [5.74, 6) is 5.83. The van der Waals surface area contributed by atoms with Crippen molar-refractivity contribution in [3.8, 4) is 11.8 Å². The van der Waals surface area contributed by atoms with Crippen molar-refractivity contribution in [3.05, 3.63) is 0 Å². The quantitative estimate of drug-likeness (QED) is 0.333. The van der Waals surface area contributed by atoms with E-state index in [1.807, 2.05) is 34.1 Å². The Balaban J connectivity index is 4.33. The number of hydrogen-bond donors (Lipinski definition) is 2. The van der Waals surface area contributed by atoms with Crippen molar-refractivity contribution in [2.75, 3.05) is 33.1 Å². The van der Waals surface area contributed by atoms with Gasteiger partial charge in [-0.3, -0.25) is 4.90 Å². The molecule has 16 heavy (non-hydrogen) atoms. The molecule has 0 aromatic heterocycles. The van der Waals surface area contributed by atoms with Crippen LogP contribution in [-0.2, 0) is 4.74 Å². The molecule has 0 radical (unpaired) electrons. The van der Waals surface area contributed by atoms with Crippen LogP contribution in [0.5, 0.6) is 0 Å². The first-order valence-corrected chi connectivity index (χ1v) is 6.76. The Labute approximate surface area is 103 Å². The Morgan fingerprint density at radius 2 is 2.12 bits per heavy atom. The molecule has 0 aliphatic rings. The maximum absolute atomic E-state index is 9.30. The van der Waals surface area contributed by atoms with E-state index in [2.05, 4.69) is 16.7 Å². The zero-order chi connectivity index (χ0) is 12.6. The number of nitrogens with zero attached hydrogens (tertiary/aromatic N) is 1. The lowest BCUT2D eigenvalue weighted by Crippen LogP contribution is -2.41. The molecule has 0 spiro atoms. The fraction of sp³-hybridized carbons (Fsp3) is 0.750. The van der Waals surface area contributed by atoms with E-state index < -0.39 is 0 Å². The summed E-state index contributed by atoms with van der Waals surface area (Å²) in [4.78, 5) is 2.12. The summed E-state index contributed by atoms with van der Waals surface area (Å²) < 4.78 is 5.30. The van der Waals surface area contributed by atoms with Gasteiger partial charge in [-0.15, -0.1) is 0 Å². The largest absolute Gasteiger partial charge is 0.380 e. The fourth-order valence-electron chi connectivity index (χ4n) is 0.986. The standard InChI is InChI=1S/C12H23NO2S/c1-6-15-10-9-13(4)12(2,3)8-7-11(14)16-5/h14,16H,6,9-10H2,1-5H3. The monoisotopic (exact) mass is 245 g/mol. The normalized spacial score (nSPS) is 13.1. The number of aliphatic hydroxyl groups excluding tert-OH is 1.